The minimum absolute atomic E-state index is 0.180. The fraction of sp³-hybridized carbons (Fsp3) is 0. The molecule has 84 valence electrons. The first kappa shape index (κ1) is 9.59. The number of aromatic hydroxyl groups is 1. The molecular weight excluding hydrogens is 218 g/mol. The molecule has 0 unspecified atom stereocenters. The van der Waals surface area contributed by atoms with Gasteiger partial charge >= 0.3 is 0 Å². The van der Waals surface area contributed by atoms with E-state index in [1.54, 1.807) is 30.6 Å². The first-order valence-corrected chi connectivity index (χ1v) is 5.00. The molecule has 0 aliphatic carbocycles. The number of fused-ring (bicyclic) bond motifs is 1. The molecule has 6 heteroatoms. The van der Waals surface area contributed by atoms with Crippen molar-refractivity contribution >= 4 is 11.3 Å². The number of phenolic OH excluding ortho intramolecular Hbond substituents is 1. The lowest BCUT2D eigenvalue weighted by Gasteiger charge is -1.98. The largest absolute Gasteiger partial charge is 0.508 e. The molecule has 0 aliphatic rings. The summed E-state index contributed by atoms with van der Waals surface area (Å²) in [5.41, 5.74) is 8.10. The lowest BCUT2D eigenvalue weighted by atomic mass is 10.1. The Morgan fingerprint density at radius 2 is 2.18 bits per heavy atom. The zero-order valence-corrected chi connectivity index (χ0v) is 8.78. The standard InChI is InChI=1S/C11H9N5O/c12-8-5-13-11-10(14-15-16(11)6-8)7-2-1-3-9(17)4-7/h1-6,17H,12H2. The molecule has 0 aliphatic heterocycles. The molecule has 0 spiro atoms. The maximum Gasteiger partial charge on any atom is 0.183 e. The Morgan fingerprint density at radius 3 is 3.00 bits per heavy atom. The average molecular weight is 227 g/mol. The van der Waals surface area contributed by atoms with E-state index in [4.69, 9.17) is 5.73 Å². The summed E-state index contributed by atoms with van der Waals surface area (Å²) in [5.74, 6) is 0.180. The second-order valence-corrected chi connectivity index (χ2v) is 3.64. The van der Waals surface area contributed by atoms with E-state index in [1.165, 1.54) is 4.52 Å². The maximum atomic E-state index is 9.43. The van der Waals surface area contributed by atoms with Crippen molar-refractivity contribution in [1.29, 1.82) is 0 Å². The van der Waals surface area contributed by atoms with E-state index in [9.17, 15) is 5.11 Å². The lowest BCUT2D eigenvalue weighted by Crippen LogP contribution is -1.94. The molecule has 6 nitrogen and oxygen atoms in total. The molecule has 17 heavy (non-hydrogen) atoms. The summed E-state index contributed by atoms with van der Waals surface area (Å²) >= 11 is 0. The Bertz CT molecular complexity index is 691. The van der Waals surface area contributed by atoms with Gasteiger partial charge in [0.05, 0.1) is 18.1 Å². The van der Waals surface area contributed by atoms with Crippen molar-refractivity contribution in [3.63, 3.8) is 0 Å². The number of nitrogen functional groups attached to an aromatic ring is 1. The normalized spacial score (nSPS) is 10.8. The number of hydrogen-bond donors (Lipinski definition) is 2. The molecule has 3 rings (SSSR count). The second-order valence-electron chi connectivity index (χ2n) is 3.64. The van der Waals surface area contributed by atoms with Crippen LogP contribution in [0.3, 0.4) is 0 Å². The van der Waals surface area contributed by atoms with Crippen LogP contribution in [0.1, 0.15) is 0 Å². The molecule has 0 amide bonds. The molecule has 0 saturated heterocycles. The minimum atomic E-state index is 0.180. The summed E-state index contributed by atoms with van der Waals surface area (Å²) in [6.45, 7) is 0. The van der Waals surface area contributed by atoms with Gasteiger partial charge in [-0.1, -0.05) is 17.3 Å². The fourth-order valence-electron chi connectivity index (χ4n) is 1.65. The van der Waals surface area contributed by atoms with E-state index in [-0.39, 0.29) is 5.75 Å². The van der Waals surface area contributed by atoms with Gasteiger partial charge in [0.15, 0.2) is 5.65 Å². The van der Waals surface area contributed by atoms with E-state index in [0.717, 1.165) is 5.56 Å². The molecule has 0 saturated carbocycles. The number of rotatable bonds is 1. The van der Waals surface area contributed by atoms with Gasteiger partial charge in [0.2, 0.25) is 0 Å². The van der Waals surface area contributed by atoms with Gasteiger partial charge in [-0.2, -0.15) is 4.52 Å². The van der Waals surface area contributed by atoms with Crippen molar-refractivity contribution in [3.05, 3.63) is 36.7 Å². The number of nitrogens with zero attached hydrogens (tertiary/aromatic N) is 4. The highest BCUT2D eigenvalue weighted by molar-refractivity contribution is 5.74. The Morgan fingerprint density at radius 1 is 1.29 bits per heavy atom. The Kier molecular flexibility index (Phi) is 1.94. The van der Waals surface area contributed by atoms with Gasteiger partial charge in [-0.15, -0.1) is 5.10 Å². The van der Waals surface area contributed by atoms with Gasteiger partial charge in [0.1, 0.15) is 11.4 Å². The number of anilines is 1. The molecule has 3 aromatic rings. The van der Waals surface area contributed by atoms with Gasteiger partial charge in [-0.05, 0) is 12.1 Å². The third kappa shape index (κ3) is 1.55. The zero-order valence-electron chi connectivity index (χ0n) is 8.78. The zero-order chi connectivity index (χ0) is 11.8. The minimum Gasteiger partial charge on any atom is -0.508 e. The summed E-state index contributed by atoms with van der Waals surface area (Å²) in [7, 11) is 0. The highest BCUT2D eigenvalue weighted by Gasteiger charge is 2.10. The van der Waals surface area contributed by atoms with Crippen LogP contribution in [0.2, 0.25) is 0 Å². The topological polar surface area (TPSA) is 89.3 Å². The van der Waals surface area contributed by atoms with Crippen molar-refractivity contribution in [2.24, 2.45) is 0 Å². The number of phenols is 1. The monoisotopic (exact) mass is 227 g/mol. The van der Waals surface area contributed by atoms with E-state index in [0.29, 0.717) is 17.0 Å². The number of benzene rings is 1. The Labute approximate surface area is 96.3 Å². The average Bonchev–Trinajstić information content (AvgIpc) is 2.71. The maximum absolute atomic E-state index is 9.43. The molecule has 3 N–H and O–H groups in total. The second kappa shape index (κ2) is 3.44. The predicted molar refractivity (Wildman–Crippen MR) is 62.3 cm³/mol. The molecule has 1 aromatic carbocycles. The lowest BCUT2D eigenvalue weighted by molar-refractivity contribution is 0.475. The summed E-state index contributed by atoms with van der Waals surface area (Å²) in [6, 6.07) is 6.79. The fourth-order valence-corrected chi connectivity index (χ4v) is 1.65. The van der Waals surface area contributed by atoms with E-state index >= 15 is 0 Å². The van der Waals surface area contributed by atoms with Gasteiger partial charge in [0, 0.05) is 5.56 Å². The number of nitrogens with two attached hydrogens (primary N) is 1. The van der Waals surface area contributed by atoms with Gasteiger partial charge in [-0.3, -0.25) is 0 Å². The smallest absolute Gasteiger partial charge is 0.183 e. The predicted octanol–water partition coefficient (Wildman–Crippen LogP) is 1.08. The van der Waals surface area contributed by atoms with Crippen molar-refractivity contribution in [2.75, 3.05) is 5.73 Å². The van der Waals surface area contributed by atoms with Crippen LogP contribution in [0.4, 0.5) is 5.69 Å². The Balaban J connectivity index is 2.24. The molecule has 0 radical (unpaired) electrons. The first-order valence-electron chi connectivity index (χ1n) is 5.00. The molecule has 2 heterocycles. The van der Waals surface area contributed by atoms with Gasteiger partial charge in [0.25, 0.3) is 0 Å². The molecule has 2 aromatic heterocycles. The third-order valence-corrected chi connectivity index (χ3v) is 2.40. The van der Waals surface area contributed by atoms with Gasteiger partial charge in [-0.25, -0.2) is 4.98 Å². The van der Waals surface area contributed by atoms with E-state index < -0.39 is 0 Å². The van der Waals surface area contributed by atoms with Crippen molar-refractivity contribution in [1.82, 2.24) is 19.8 Å². The highest BCUT2D eigenvalue weighted by Crippen LogP contribution is 2.24. The van der Waals surface area contributed by atoms with Crippen LogP contribution in [0.25, 0.3) is 16.9 Å². The first-order chi connectivity index (χ1) is 8.24. The van der Waals surface area contributed by atoms with Crippen LogP contribution in [-0.2, 0) is 0 Å². The SMILES string of the molecule is Nc1cnc2c(-c3cccc(O)c3)nnn2c1. The van der Waals surface area contributed by atoms with Crippen LogP contribution in [0.15, 0.2) is 36.7 Å². The highest BCUT2D eigenvalue weighted by atomic mass is 16.3. The van der Waals surface area contributed by atoms with Gasteiger partial charge < -0.3 is 10.8 Å². The van der Waals surface area contributed by atoms with Crippen LogP contribution in [0.5, 0.6) is 5.75 Å². The van der Waals surface area contributed by atoms with E-state index in [1.807, 2.05) is 6.07 Å². The number of hydrogen-bond acceptors (Lipinski definition) is 5. The summed E-state index contributed by atoms with van der Waals surface area (Å²) < 4.78 is 1.51. The Hall–Kier alpha value is -2.63. The molecule has 0 atom stereocenters. The number of aromatic nitrogens is 4. The van der Waals surface area contributed by atoms with Crippen LogP contribution < -0.4 is 5.73 Å². The summed E-state index contributed by atoms with van der Waals surface area (Å²) in [4.78, 5) is 4.18. The van der Waals surface area contributed by atoms with Crippen molar-refractivity contribution in [2.45, 2.75) is 0 Å². The third-order valence-electron chi connectivity index (χ3n) is 2.40. The quantitative estimate of drug-likeness (QED) is 0.649. The molecule has 0 fully saturated rings. The van der Waals surface area contributed by atoms with Crippen LogP contribution >= 0.6 is 0 Å². The van der Waals surface area contributed by atoms with Crippen molar-refractivity contribution in [3.8, 4) is 17.0 Å². The van der Waals surface area contributed by atoms with Crippen LogP contribution in [-0.4, -0.2) is 24.9 Å². The molecule has 0 bridgehead atoms. The van der Waals surface area contributed by atoms with E-state index in [2.05, 4.69) is 15.3 Å². The summed E-state index contributed by atoms with van der Waals surface area (Å²) in [5, 5.41) is 17.4. The van der Waals surface area contributed by atoms with Crippen molar-refractivity contribution < 1.29 is 5.11 Å². The summed E-state index contributed by atoms with van der Waals surface area (Å²) in [6.07, 6.45) is 3.19. The van der Waals surface area contributed by atoms with Crippen LogP contribution in [0, 0.1) is 0 Å². The molecular formula is C11H9N5O.